The summed E-state index contributed by atoms with van der Waals surface area (Å²) < 4.78 is 40.9. The highest BCUT2D eigenvalue weighted by Gasteiger charge is 2.25. The monoisotopic (exact) mass is 349 g/mol. The van der Waals surface area contributed by atoms with Gasteiger partial charge in [-0.1, -0.05) is 30.9 Å². The predicted molar refractivity (Wildman–Crippen MR) is 85.7 cm³/mol. The molecule has 1 fully saturated rings. The van der Waals surface area contributed by atoms with Crippen molar-refractivity contribution in [3.05, 3.63) is 29.0 Å². The highest BCUT2D eigenvalue weighted by Crippen LogP contribution is 2.33. The van der Waals surface area contributed by atoms with Crippen molar-refractivity contribution in [3.63, 3.8) is 0 Å². The molecule has 0 spiro atoms. The van der Waals surface area contributed by atoms with Crippen molar-refractivity contribution in [2.24, 2.45) is 11.8 Å². The van der Waals surface area contributed by atoms with Crippen LogP contribution in [-0.2, 0) is 11.3 Å². The van der Waals surface area contributed by atoms with E-state index in [1.165, 1.54) is 18.6 Å². The first kappa shape index (κ1) is 17.7. The van der Waals surface area contributed by atoms with Crippen LogP contribution in [0.15, 0.2) is 18.2 Å². The van der Waals surface area contributed by atoms with Crippen molar-refractivity contribution >= 4 is 22.9 Å². The van der Waals surface area contributed by atoms with Gasteiger partial charge in [-0.15, -0.1) is 0 Å². The molecule has 1 saturated carbocycles. The number of ether oxygens (including phenoxy) is 1. The van der Waals surface area contributed by atoms with E-state index >= 15 is 0 Å². The second-order valence-electron chi connectivity index (χ2n) is 5.65. The number of nitrogens with one attached hydrogen (secondary N) is 1. The zero-order valence-corrected chi connectivity index (χ0v) is 13.8. The van der Waals surface area contributed by atoms with Crippen molar-refractivity contribution in [2.75, 3.05) is 13.2 Å². The molecule has 3 unspecified atom stereocenters. The first-order chi connectivity index (χ1) is 10.5. The largest absolute Gasteiger partial charge is 0.493 e. The minimum atomic E-state index is -1.96. The Bertz CT molecular complexity index is 497. The second kappa shape index (κ2) is 8.82. The van der Waals surface area contributed by atoms with Crippen LogP contribution in [0.2, 0.25) is 5.02 Å². The summed E-state index contributed by atoms with van der Waals surface area (Å²) in [5.74, 6) is 0.875. The van der Waals surface area contributed by atoms with Gasteiger partial charge in [0, 0.05) is 17.6 Å². The summed E-state index contributed by atoms with van der Waals surface area (Å²) in [6.45, 7) is 1.03. The summed E-state index contributed by atoms with van der Waals surface area (Å²) in [6, 6.07) is 4.19. The first-order valence-corrected chi connectivity index (χ1v) is 8.96. The Morgan fingerprint density at radius 2 is 2.05 bits per heavy atom. The van der Waals surface area contributed by atoms with Gasteiger partial charge < -0.3 is 4.74 Å². The van der Waals surface area contributed by atoms with E-state index in [-0.39, 0.29) is 0 Å². The van der Waals surface area contributed by atoms with Crippen molar-refractivity contribution in [3.8, 4) is 5.75 Å². The Hall–Kier alpha value is -0.690. The zero-order valence-electron chi connectivity index (χ0n) is 12.3. The van der Waals surface area contributed by atoms with E-state index < -0.39 is 17.1 Å². The molecule has 0 saturated heterocycles. The van der Waals surface area contributed by atoms with Crippen molar-refractivity contribution in [1.29, 1.82) is 0 Å². The van der Waals surface area contributed by atoms with E-state index in [1.807, 2.05) is 0 Å². The predicted octanol–water partition coefficient (Wildman–Crippen LogP) is 3.78. The van der Waals surface area contributed by atoms with Gasteiger partial charge >= 0.3 is 0 Å². The molecule has 0 amide bonds. The molecule has 4 nitrogen and oxygen atoms in total. The van der Waals surface area contributed by atoms with Gasteiger partial charge in [0.2, 0.25) is 11.3 Å². The molecule has 1 aromatic rings. The fourth-order valence-corrected chi connectivity index (χ4v) is 3.53. The van der Waals surface area contributed by atoms with Gasteiger partial charge in [0.1, 0.15) is 11.6 Å². The lowest BCUT2D eigenvalue weighted by molar-refractivity contribution is 0.143. The molecule has 0 radical (unpaired) electrons. The van der Waals surface area contributed by atoms with Crippen LogP contribution in [0.25, 0.3) is 0 Å². The van der Waals surface area contributed by atoms with Gasteiger partial charge in [-0.2, -0.15) is 0 Å². The van der Waals surface area contributed by atoms with Crippen LogP contribution in [0.3, 0.4) is 0 Å². The molecule has 0 heterocycles. The molecular weight excluding hydrogens is 329 g/mol. The van der Waals surface area contributed by atoms with E-state index in [9.17, 15) is 8.60 Å². The van der Waals surface area contributed by atoms with Crippen LogP contribution in [0.5, 0.6) is 5.75 Å². The lowest BCUT2D eigenvalue weighted by Gasteiger charge is -2.31. The smallest absolute Gasteiger partial charge is 0.231 e. The Morgan fingerprint density at radius 3 is 2.73 bits per heavy atom. The van der Waals surface area contributed by atoms with Crippen molar-refractivity contribution in [2.45, 2.75) is 32.1 Å². The summed E-state index contributed by atoms with van der Waals surface area (Å²) in [4.78, 5) is 0. The number of hydrogen-bond donors (Lipinski definition) is 2. The van der Waals surface area contributed by atoms with Gasteiger partial charge in [0.15, 0.2) is 0 Å². The molecule has 2 N–H and O–H groups in total. The lowest BCUT2D eigenvalue weighted by Crippen LogP contribution is -2.29. The van der Waals surface area contributed by atoms with Crippen LogP contribution in [0.4, 0.5) is 4.39 Å². The Kier molecular flexibility index (Phi) is 7.08. The summed E-state index contributed by atoms with van der Waals surface area (Å²) in [7, 11) is 0. The fourth-order valence-electron chi connectivity index (χ4n) is 3.03. The Balaban J connectivity index is 1.86. The number of hydrogen-bond acceptors (Lipinski definition) is 2. The van der Waals surface area contributed by atoms with E-state index in [4.69, 9.17) is 20.9 Å². The third-order valence-electron chi connectivity index (χ3n) is 4.11. The number of benzene rings is 1. The molecule has 0 bridgehead atoms. The van der Waals surface area contributed by atoms with Crippen LogP contribution < -0.4 is 9.46 Å². The summed E-state index contributed by atoms with van der Waals surface area (Å²) >= 11 is 3.86. The van der Waals surface area contributed by atoms with E-state index in [1.54, 1.807) is 6.07 Å². The highest BCUT2D eigenvalue weighted by molar-refractivity contribution is 7.77. The van der Waals surface area contributed by atoms with E-state index in [0.29, 0.717) is 35.8 Å². The van der Waals surface area contributed by atoms with Crippen LogP contribution in [0, 0.1) is 17.7 Å². The number of rotatable bonds is 7. The van der Waals surface area contributed by atoms with Gasteiger partial charge in [-0.25, -0.2) is 13.3 Å². The standard InChI is InChI=1S/C15H21ClFNO3S/c16-13-7-14(17)9-15(8-13)21-10-12-4-2-1-3-11(12)5-6-18-22(19)20/h7-9,11-12,18H,1-6,10H2,(H,19,20). The average molecular weight is 350 g/mol. The normalized spacial score (nSPS) is 23.2. The van der Waals surface area contributed by atoms with Crippen molar-refractivity contribution < 1.29 is 17.9 Å². The van der Waals surface area contributed by atoms with E-state index in [0.717, 1.165) is 25.7 Å². The highest BCUT2D eigenvalue weighted by atomic mass is 35.5. The maximum absolute atomic E-state index is 13.3. The molecule has 1 aliphatic carbocycles. The van der Waals surface area contributed by atoms with Crippen LogP contribution in [-0.4, -0.2) is 21.9 Å². The molecule has 2 rings (SSSR count). The minimum absolute atomic E-state index is 0.324. The van der Waals surface area contributed by atoms with Gasteiger partial charge in [-0.05, 0) is 36.8 Å². The first-order valence-electron chi connectivity index (χ1n) is 7.48. The molecule has 7 heteroatoms. The molecular formula is C15H21ClFNO3S. The quantitative estimate of drug-likeness (QED) is 0.736. The van der Waals surface area contributed by atoms with Gasteiger partial charge in [-0.3, -0.25) is 4.55 Å². The lowest BCUT2D eigenvalue weighted by atomic mass is 9.78. The zero-order chi connectivity index (χ0) is 15.9. The van der Waals surface area contributed by atoms with Crippen molar-refractivity contribution in [1.82, 2.24) is 4.72 Å². The summed E-state index contributed by atoms with van der Waals surface area (Å²) in [5.41, 5.74) is 0. The molecule has 0 aliphatic heterocycles. The number of halogens is 2. The minimum Gasteiger partial charge on any atom is -0.493 e. The Labute approximate surface area is 137 Å². The SMILES string of the molecule is O=S(O)NCCC1CCCCC1COc1cc(F)cc(Cl)c1. The fraction of sp³-hybridized carbons (Fsp3) is 0.600. The third-order valence-corrected chi connectivity index (χ3v) is 4.78. The molecule has 1 aliphatic rings. The van der Waals surface area contributed by atoms with Gasteiger partial charge in [0.25, 0.3) is 0 Å². The molecule has 1 aromatic carbocycles. The van der Waals surface area contributed by atoms with E-state index in [2.05, 4.69) is 4.72 Å². The maximum Gasteiger partial charge on any atom is 0.231 e. The second-order valence-corrected chi connectivity index (χ2v) is 6.88. The van der Waals surface area contributed by atoms with Gasteiger partial charge in [0.05, 0.1) is 6.61 Å². The summed E-state index contributed by atoms with van der Waals surface area (Å²) in [6.07, 6.45) is 5.33. The topological polar surface area (TPSA) is 58.6 Å². The molecule has 3 atom stereocenters. The molecule has 22 heavy (non-hydrogen) atoms. The third kappa shape index (κ3) is 5.83. The molecule has 0 aromatic heterocycles. The molecule has 124 valence electrons. The average Bonchev–Trinajstić information content (AvgIpc) is 2.45. The van der Waals surface area contributed by atoms with Crippen LogP contribution in [0.1, 0.15) is 32.1 Å². The Morgan fingerprint density at radius 1 is 1.32 bits per heavy atom. The maximum atomic E-state index is 13.3. The summed E-state index contributed by atoms with van der Waals surface area (Å²) in [5, 5.41) is 0.324. The van der Waals surface area contributed by atoms with Crippen LogP contribution >= 0.6 is 11.6 Å².